The van der Waals surface area contributed by atoms with Crippen molar-refractivity contribution in [1.29, 1.82) is 0 Å². The number of para-hydroxylation sites is 2. The molecule has 0 aliphatic carbocycles. The van der Waals surface area contributed by atoms with Gasteiger partial charge < -0.3 is 14.1 Å². The Morgan fingerprint density at radius 3 is 2.12 bits per heavy atom. The van der Waals surface area contributed by atoms with Crippen LogP contribution < -0.4 is 0 Å². The molecule has 7 rings (SSSR count). The Balaban J connectivity index is 0.000000574. The number of carbonyl (C=O) groups is 1. The van der Waals surface area contributed by atoms with E-state index in [9.17, 15) is 4.79 Å². The zero-order chi connectivity index (χ0) is 35.4. The molecular formula is C44H42IrN3O3-. The largest absolute Gasteiger partial charge is 0.557 e. The zero-order valence-electron chi connectivity index (χ0n) is 29.8. The number of hydrogen-bond acceptors (Lipinski definition) is 5. The number of aliphatic hydroxyl groups is 1. The van der Waals surface area contributed by atoms with Crippen LogP contribution in [0, 0.1) is 6.26 Å². The number of benzene rings is 4. The normalized spacial score (nSPS) is 11.5. The first kappa shape index (κ1) is 37.2. The summed E-state index contributed by atoms with van der Waals surface area (Å²) in [5.41, 5.74) is 12.1. The molecule has 1 N–H and O–H groups in total. The second kappa shape index (κ2) is 16.3. The number of nitrogens with zero attached hydrogens (tertiary/aromatic N) is 3. The molecule has 4 aromatic carbocycles. The summed E-state index contributed by atoms with van der Waals surface area (Å²) in [5.74, 6) is 1.36. The van der Waals surface area contributed by atoms with Crippen LogP contribution in [0.2, 0.25) is 0 Å². The van der Waals surface area contributed by atoms with E-state index in [1.165, 1.54) is 53.4 Å². The third kappa shape index (κ3) is 8.28. The van der Waals surface area contributed by atoms with Crippen LogP contribution in [-0.2, 0) is 31.3 Å². The number of allylic oxidation sites excluding steroid dienone is 2. The van der Waals surface area contributed by atoms with E-state index in [0.717, 1.165) is 45.5 Å². The van der Waals surface area contributed by atoms with Gasteiger partial charge in [-0.15, -0.1) is 0 Å². The van der Waals surface area contributed by atoms with Crippen molar-refractivity contribution >= 4 is 27.8 Å². The van der Waals surface area contributed by atoms with Crippen LogP contribution in [0.25, 0.3) is 50.2 Å². The smallest absolute Gasteiger partial charge is 0.155 e. The maximum absolute atomic E-state index is 10.0. The number of ketones is 1. The van der Waals surface area contributed by atoms with Crippen LogP contribution >= 0.6 is 0 Å². The Kier molecular flexibility index (Phi) is 11.9. The predicted molar refractivity (Wildman–Crippen MR) is 203 cm³/mol. The monoisotopic (exact) mass is 853 g/mol. The van der Waals surface area contributed by atoms with Gasteiger partial charge in [-0.2, -0.15) is 0 Å². The minimum atomic E-state index is -0.125. The van der Waals surface area contributed by atoms with E-state index in [1.54, 1.807) is 0 Å². The number of furan rings is 1. The fourth-order valence-corrected chi connectivity index (χ4v) is 6.34. The summed E-state index contributed by atoms with van der Waals surface area (Å²) in [7, 11) is 0. The Bertz CT molecular complexity index is 2270. The van der Waals surface area contributed by atoms with Gasteiger partial charge in [0.1, 0.15) is 0 Å². The molecule has 7 aromatic rings. The number of imidazole rings is 1. The average Bonchev–Trinajstić information content (AvgIpc) is 3.69. The van der Waals surface area contributed by atoms with E-state index < -0.39 is 0 Å². The van der Waals surface area contributed by atoms with Gasteiger partial charge in [0.2, 0.25) is 0 Å². The van der Waals surface area contributed by atoms with Gasteiger partial charge in [-0.3, -0.25) is 14.8 Å². The molecule has 0 amide bonds. The Labute approximate surface area is 313 Å². The molecule has 0 spiro atoms. The van der Waals surface area contributed by atoms with Crippen molar-refractivity contribution in [2.45, 2.75) is 59.8 Å². The van der Waals surface area contributed by atoms with E-state index in [1.807, 2.05) is 24.4 Å². The molecule has 0 unspecified atom stereocenters. The summed E-state index contributed by atoms with van der Waals surface area (Å²) in [6.07, 6.45) is 7.01. The van der Waals surface area contributed by atoms with Crippen LogP contribution in [0.15, 0.2) is 126 Å². The van der Waals surface area contributed by atoms with Gasteiger partial charge in [-0.25, -0.2) is 0 Å². The number of hydrogen-bond donors (Lipinski definition) is 1. The van der Waals surface area contributed by atoms with Gasteiger partial charge in [0, 0.05) is 62.0 Å². The van der Waals surface area contributed by atoms with Crippen molar-refractivity contribution in [1.82, 2.24) is 14.5 Å². The molecule has 0 aliphatic rings. The molecule has 51 heavy (non-hydrogen) atoms. The second-order valence-electron chi connectivity index (χ2n) is 13.2. The summed E-state index contributed by atoms with van der Waals surface area (Å²) in [6, 6.07) is 36.2. The average molecular weight is 853 g/mol. The van der Waals surface area contributed by atoms with Crippen molar-refractivity contribution in [3.8, 4) is 28.2 Å². The van der Waals surface area contributed by atoms with E-state index in [-0.39, 0.29) is 31.6 Å². The maximum atomic E-state index is 10.0. The SMILES string of the molecule is CC(=O)/C=C(/C)O.CC(C)c1cc(-c2ccccc2)cc(C(C)C)c1-n1c(-c2[c-]oc3ccc(Cc4ccccn4)cc23)nc2ccccc21.[Ir]. The molecular weight excluding hydrogens is 811 g/mol. The molecule has 6 nitrogen and oxygen atoms in total. The Morgan fingerprint density at radius 2 is 1.51 bits per heavy atom. The van der Waals surface area contributed by atoms with Crippen molar-refractivity contribution in [2.75, 3.05) is 0 Å². The summed E-state index contributed by atoms with van der Waals surface area (Å²) in [5, 5.41) is 9.37. The fraction of sp³-hybridized carbons (Fsp3) is 0.205. The zero-order valence-corrected chi connectivity index (χ0v) is 32.2. The first-order valence-corrected chi connectivity index (χ1v) is 17.0. The van der Waals surface area contributed by atoms with Crippen molar-refractivity contribution in [2.24, 2.45) is 0 Å². The maximum Gasteiger partial charge on any atom is 0.155 e. The molecule has 0 fully saturated rings. The Hall–Kier alpha value is -5.10. The molecule has 0 saturated heterocycles. The molecule has 0 saturated carbocycles. The van der Waals surface area contributed by atoms with Crippen LogP contribution in [0.3, 0.4) is 0 Å². The predicted octanol–water partition coefficient (Wildman–Crippen LogP) is 11.2. The quantitative estimate of drug-likeness (QED) is 0.0936. The number of rotatable bonds is 8. The van der Waals surface area contributed by atoms with Gasteiger partial charge in [-0.05, 0) is 84.3 Å². The van der Waals surface area contributed by atoms with Gasteiger partial charge in [0.05, 0.1) is 22.6 Å². The van der Waals surface area contributed by atoms with Crippen molar-refractivity contribution in [3.05, 3.63) is 150 Å². The molecule has 0 aliphatic heterocycles. The summed E-state index contributed by atoms with van der Waals surface area (Å²) >= 11 is 0. The molecule has 0 atom stereocenters. The standard InChI is InChI=1S/C39H34N3O.C5H8O2.Ir/c1-25(2)31-22-29(28-12-6-5-7-13-28)23-32(26(3)4)38(31)42-36-16-9-8-15-35(36)41-39(42)34-24-43-37-18-17-27(21-33(34)37)20-30-14-10-11-19-40-30;1-4(6)3-5(2)7;/h5-19,21-23,25-26H,20H2,1-4H3;3,6H,1-2H3;/q-1;;/b;4-3-;. The van der Waals surface area contributed by atoms with Crippen LogP contribution in [0.4, 0.5) is 0 Å². The first-order valence-electron chi connectivity index (χ1n) is 17.0. The number of carbonyl (C=O) groups excluding carboxylic acids is 1. The van der Waals surface area contributed by atoms with E-state index in [2.05, 4.69) is 128 Å². The minimum Gasteiger partial charge on any atom is -0.557 e. The number of pyridine rings is 1. The third-order valence-electron chi connectivity index (χ3n) is 8.63. The molecule has 261 valence electrons. The fourth-order valence-electron chi connectivity index (χ4n) is 6.34. The van der Waals surface area contributed by atoms with Crippen molar-refractivity contribution in [3.63, 3.8) is 0 Å². The summed E-state index contributed by atoms with van der Waals surface area (Å²) in [4.78, 5) is 19.8. The third-order valence-corrected chi connectivity index (χ3v) is 8.63. The number of aliphatic hydroxyl groups excluding tert-OH is 1. The summed E-state index contributed by atoms with van der Waals surface area (Å²) < 4.78 is 8.38. The molecule has 3 aromatic heterocycles. The van der Waals surface area contributed by atoms with Gasteiger partial charge in [0.15, 0.2) is 5.78 Å². The van der Waals surface area contributed by atoms with Crippen LogP contribution in [-0.4, -0.2) is 25.4 Å². The number of fused-ring (bicyclic) bond motifs is 2. The van der Waals surface area contributed by atoms with E-state index >= 15 is 0 Å². The van der Waals surface area contributed by atoms with E-state index in [4.69, 9.17) is 14.5 Å². The molecule has 7 heteroatoms. The van der Waals surface area contributed by atoms with Gasteiger partial charge in [0.25, 0.3) is 0 Å². The molecule has 3 heterocycles. The number of aromatic nitrogens is 3. The van der Waals surface area contributed by atoms with Crippen LogP contribution in [0.5, 0.6) is 0 Å². The second-order valence-corrected chi connectivity index (χ2v) is 13.2. The topological polar surface area (TPSA) is 81.1 Å². The van der Waals surface area contributed by atoms with Crippen molar-refractivity contribution < 1.29 is 34.4 Å². The molecule has 0 bridgehead atoms. The Morgan fingerprint density at radius 1 is 0.843 bits per heavy atom. The minimum absolute atomic E-state index is 0. The molecule has 1 radical (unpaired) electrons. The van der Waals surface area contributed by atoms with Gasteiger partial charge >= 0.3 is 0 Å². The van der Waals surface area contributed by atoms with Crippen LogP contribution in [0.1, 0.15) is 75.8 Å². The van der Waals surface area contributed by atoms with E-state index in [0.29, 0.717) is 11.8 Å². The van der Waals surface area contributed by atoms with Gasteiger partial charge in [-0.1, -0.05) is 111 Å². The first-order chi connectivity index (χ1) is 24.1. The summed E-state index contributed by atoms with van der Waals surface area (Å²) in [6.45, 7) is 12.0.